The van der Waals surface area contributed by atoms with E-state index in [0.29, 0.717) is 23.0 Å². The van der Waals surface area contributed by atoms with Crippen LogP contribution in [0.3, 0.4) is 0 Å². The molecule has 6 nitrogen and oxygen atoms in total. The Hall–Kier alpha value is -1.63. The zero-order chi connectivity index (χ0) is 16.0. The highest BCUT2D eigenvalue weighted by Crippen LogP contribution is 2.30. The third kappa shape index (κ3) is 5.34. The van der Waals surface area contributed by atoms with Crippen molar-refractivity contribution in [2.45, 2.75) is 39.7 Å². The van der Waals surface area contributed by atoms with E-state index in [1.54, 1.807) is 13.0 Å². The first-order valence-corrected chi connectivity index (χ1v) is 7.62. The highest BCUT2D eigenvalue weighted by atomic mass is 79.9. The molecule has 1 atom stereocenters. The van der Waals surface area contributed by atoms with Gasteiger partial charge in [-0.25, -0.2) is 0 Å². The average molecular weight is 358 g/mol. The van der Waals surface area contributed by atoms with Gasteiger partial charge in [0.1, 0.15) is 0 Å². The SMILES string of the molecule is CCC(C)NC(=O)CCNc1cc(C)c([N+](=O)[O-])cc1Br. The molecule has 7 heteroatoms. The first kappa shape index (κ1) is 17.4. The number of carbonyl (C=O) groups is 1. The Morgan fingerprint density at radius 3 is 2.71 bits per heavy atom. The minimum atomic E-state index is -0.413. The smallest absolute Gasteiger partial charge is 0.273 e. The third-order valence-corrected chi connectivity index (χ3v) is 3.83. The van der Waals surface area contributed by atoms with Crippen LogP contribution >= 0.6 is 15.9 Å². The summed E-state index contributed by atoms with van der Waals surface area (Å²) in [5, 5.41) is 16.8. The van der Waals surface area contributed by atoms with Crippen molar-refractivity contribution < 1.29 is 9.72 Å². The molecule has 2 N–H and O–H groups in total. The summed E-state index contributed by atoms with van der Waals surface area (Å²) in [6.07, 6.45) is 1.25. The first-order chi connectivity index (χ1) is 9.85. The lowest BCUT2D eigenvalue weighted by Gasteiger charge is -2.13. The van der Waals surface area contributed by atoms with Gasteiger partial charge in [-0.3, -0.25) is 14.9 Å². The monoisotopic (exact) mass is 357 g/mol. The van der Waals surface area contributed by atoms with Crippen LogP contribution in [0.1, 0.15) is 32.3 Å². The molecular formula is C14H20BrN3O3. The lowest BCUT2D eigenvalue weighted by Crippen LogP contribution is -2.32. The predicted molar refractivity (Wildman–Crippen MR) is 86.5 cm³/mol. The average Bonchev–Trinajstić information content (AvgIpc) is 2.41. The Kier molecular flexibility index (Phi) is 6.61. The lowest BCUT2D eigenvalue weighted by atomic mass is 10.2. The van der Waals surface area contributed by atoms with Crippen molar-refractivity contribution in [3.8, 4) is 0 Å². The number of nitro groups is 1. The molecule has 1 unspecified atom stereocenters. The van der Waals surface area contributed by atoms with Gasteiger partial charge >= 0.3 is 0 Å². The van der Waals surface area contributed by atoms with Crippen LogP contribution in [-0.2, 0) is 4.79 Å². The molecule has 0 aliphatic carbocycles. The van der Waals surface area contributed by atoms with Crippen molar-refractivity contribution in [1.29, 1.82) is 0 Å². The van der Waals surface area contributed by atoms with Crippen LogP contribution in [0.4, 0.5) is 11.4 Å². The number of aryl methyl sites for hydroxylation is 1. The van der Waals surface area contributed by atoms with Crippen molar-refractivity contribution >= 4 is 33.2 Å². The number of hydrogen-bond acceptors (Lipinski definition) is 4. The fourth-order valence-corrected chi connectivity index (χ4v) is 2.23. The third-order valence-electron chi connectivity index (χ3n) is 3.17. The van der Waals surface area contributed by atoms with E-state index in [-0.39, 0.29) is 17.6 Å². The van der Waals surface area contributed by atoms with E-state index in [1.165, 1.54) is 6.07 Å². The zero-order valence-corrected chi connectivity index (χ0v) is 14.0. The highest BCUT2D eigenvalue weighted by Gasteiger charge is 2.14. The van der Waals surface area contributed by atoms with E-state index in [4.69, 9.17) is 0 Å². The molecule has 0 radical (unpaired) electrons. The molecule has 0 aromatic heterocycles. The van der Waals surface area contributed by atoms with Crippen LogP contribution in [-0.4, -0.2) is 23.4 Å². The number of nitrogens with zero attached hydrogens (tertiary/aromatic N) is 1. The Balaban J connectivity index is 2.58. The molecule has 0 saturated heterocycles. The summed E-state index contributed by atoms with van der Waals surface area (Å²) in [7, 11) is 0. The van der Waals surface area contributed by atoms with Crippen molar-refractivity contribution in [3.63, 3.8) is 0 Å². The molecule has 0 aliphatic rings. The van der Waals surface area contributed by atoms with Crippen LogP contribution in [0.15, 0.2) is 16.6 Å². The summed E-state index contributed by atoms with van der Waals surface area (Å²) in [6.45, 7) is 6.13. The molecule has 0 saturated carbocycles. The number of nitro benzene ring substituents is 1. The number of carbonyl (C=O) groups excluding carboxylic acids is 1. The molecule has 0 fully saturated rings. The molecule has 0 aliphatic heterocycles. The summed E-state index contributed by atoms with van der Waals surface area (Å²) in [5.41, 5.74) is 1.39. The number of anilines is 1. The number of hydrogen-bond donors (Lipinski definition) is 2. The second-order valence-corrected chi connectivity index (χ2v) is 5.78. The van der Waals surface area contributed by atoms with Gasteiger partial charge in [-0.15, -0.1) is 0 Å². The Bertz CT molecular complexity index is 534. The van der Waals surface area contributed by atoms with Gasteiger partial charge in [0.05, 0.1) is 4.92 Å². The first-order valence-electron chi connectivity index (χ1n) is 6.83. The maximum Gasteiger partial charge on any atom is 0.273 e. The van der Waals surface area contributed by atoms with Crippen LogP contribution in [0.2, 0.25) is 0 Å². The van der Waals surface area contributed by atoms with Crippen molar-refractivity contribution in [2.24, 2.45) is 0 Å². The summed E-state index contributed by atoms with van der Waals surface area (Å²) in [5.74, 6) is -0.00777. The van der Waals surface area contributed by atoms with Gasteiger partial charge in [-0.2, -0.15) is 0 Å². The molecule has 1 aromatic carbocycles. The lowest BCUT2D eigenvalue weighted by molar-refractivity contribution is -0.385. The normalized spacial score (nSPS) is 11.8. The van der Waals surface area contributed by atoms with E-state index in [9.17, 15) is 14.9 Å². The molecule has 116 valence electrons. The maximum absolute atomic E-state index is 11.6. The number of benzene rings is 1. The molecule has 0 spiro atoms. The zero-order valence-electron chi connectivity index (χ0n) is 12.4. The van der Waals surface area contributed by atoms with E-state index in [1.807, 2.05) is 13.8 Å². The largest absolute Gasteiger partial charge is 0.384 e. The van der Waals surface area contributed by atoms with Crippen LogP contribution in [0.5, 0.6) is 0 Å². The molecule has 0 bridgehead atoms. The minimum absolute atomic E-state index is 0.00777. The quantitative estimate of drug-likeness (QED) is 0.578. The fraction of sp³-hybridized carbons (Fsp3) is 0.500. The van der Waals surface area contributed by atoms with E-state index in [0.717, 1.165) is 12.1 Å². The molecule has 1 rings (SSSR count). The summed E-state index contributed by atoms with van der Waals surface area (Å²) < 4.78 is 0.613. The van der Waals surface area contributed by atoms with Gasteiger partial charge in [0.2, 0.25) is 5.91 Å². The van der Waals surface area contributed by atoms with Gasteiger partial charge in [0.15, 0.2) is 0 Å². The second-order valence-electron chi connectivity index (χ2n) is 4.93. The number of halogens is 1. The number of amides is 1. The highest BCUT2D eigenvalue weighted by molar-refractivity contribution is 9.10. The Morgan fingerprint density at radius 2 is 2.14 bits per heavy atom. The minimum Gasteiger partial charge on any atom is -0.384 e. The van der Waals surface area contributed by atoms with Crippen molar-refractivity contribution in [1.82, 2.24) is 5.32 Å². The second kappa shape index (κ2) is 7.97. The van der Waals surface area contributed by atoms with E-state index < -0.39 is 4.92 Å². The molecule has 21 heavy (non-hydrogen) atoms. The maximum atomic E-state index is 11.6. The van der Waals surface area contributed by atoms with Gasteiger partial charge in [-0.05, 0) is 42.3 Å². The standard InChI is InChI=1S/C14H20BrN3O3/c1-4-10(3)17-14(19)5-6-16-12-7-9(2)13(18(20)21)8-11(12)15/h7-8,10,16H,4-6H2,1-3H3,(H,17,19). The van der Waals surface area contributed by atoms with E-state index >= 15 is 0 Å². The molecule has 1 aromatic rings. The van der Waals surface area contributed by atoms with Crippen molar-refractivity contribution in [2.75, 3.05) is 11.9 Å². The summed E-state index contributed by atoms with van der Waals surface area (Å²) in [6, 6.07) is 3.34. The topological polar surface area (TPSA) is 84.3 Å². The molecule has 0 heterocycles. The number of nitrogens with one attached hydrogen (secondary N) is 2. The fourth-order valence-electron chi connectivity index (χ4n) is 1.76. The van der Waals surface area contributed by atoms with Crippen LogP contribution < -0.4 is 10.6 Å². The number of rotatable bonds is 7. The van der Waals surface area contributed by atoms with Crippen LogP contribution in [0, 0.1) is 17.0 Å². The Labute approximate surface area is 132 Å². The van der Waals surface area contributed by atoms with E-state index in [2.05, 4.69) is 26.6 Å². The molecule has 1 amide bonds. The van der Waals surface area contributed by atoms with Gasteiger partial charge in [0.25, 0.3) is 5.69 Å². The molecular weight excluding hydrogens is 338 g/mol. The predicted octanol–water partition coefficient (Wildman–Crippen LogP) is 3.38. The summed E-state index contributed by atoms with van der Waals surface area (Å²) >= 11 is 3.30. The Morgan fingerprint density at radius 1 is 1.48 bits per heavy atom. The van der Waals surface area contributed by atoms with Crippen molar-refractivity contribution in [3.05, 3.63) is 32.3 Å². The van der Waals surface area contributed by atoms with Gasteiger partial charge < -0.3 is 10.6 Å². The van der Waals surface area contributed by atoms with Gasteiger partial charge in [-0.1, -0.05) is 6.92 Å². The van der Waals surface area contributed by atoms with Gasteiger partial charge in [0, 0.05) is 40.8 Å². The summed E-state index contributed by atoms with van der Waals surface area (Å²) in [4.78, 5) is 22.1. The van der Waals surface area contributed by atoms with Crippen LogP contribution in [0.25, 0.3) is 0 Å².